The molecule has 0 aliphatic heterocycles. The molecule has 0 saturated heterocycles. The Kier molecular flexibility index (Phi) is 7.82. The molecule has 1 unspecified atom stereocenters. The smallest absolute Gasteiger partial charge is 0.224 e. The molecule has 21 heavy (non-hydrogen) atoms. The minimum Gasteiger partial charge on any atom is -0.330 e. The van der Waals surface area contributed by atoms with Crippen LogP contribution in [0.2, 0.25) is 15.1 Å². The number of carbonyl (C=O) groups is 1. The normalized spacial score (nSPS) is 12.5. The lowest BCUT2D eigenvalue weighted by atomic mass is 9.88. The average molecular weight is 352 g/mol. The number of nitrogens with two attached hydrogens (primary N) is 1. The van der Waals surface area contributed by atoms with E-state index in [2.05, 4.69) is 19.2 Å². The van der Waals surface area contributed by atoms with Crippen LogP contribution in [0.3, 0.4) is 0 Å². The lowest BCUT2D eigenvalue weighted by molar-refractivity contribution is -0.116. The first-order valence-corrected chi connectivity index (χ1v) is 8.13. The van der Waals surface area contributed by atoms with Crippen LogP contribution in [-0.4, -0.2) is 12.5 Å². The summed E-state index contributed by atoms with van der Waals surface area (Å²) in [5.74, 6) is 0.838. The van der Waals surface area contributed by atoms with E-state index in [9.17, 15) is 4.79 Å². The van der Waals surface area contributed by atoms with Crippen molar-refractivity contribution in [3.63, 3.8) is 0 Å². The molecule has 1 rings (SSSR count). The Morgan fingerprint density at radius 2 is 1.76 bits per heavy atom. The summed E-state index contributed by atoms with van der Waals surface area (Å²) in [7, 11) is 0. The van der Waals surface area contributed by atoms with E-state index >= 15 is 0 Å². The predicted molar refractivity (Wildman–Crippen MR) is 91.3 cm³/mol. The molecule has 0 aliphatic carbocycles. The third kappa shape index (κ3) is 6.03. The number of anilines is 1. The highest BCUT2D eigenvalue weighted by atomic mass is 35.5. The molecule has 6 heteroatoms. The van der Waals surface area contributed by atoms with Crippen LogP contribution < -0.4 is 11.1 Å². The summed E-state index contributed by atoms with van der Waals surface area (Å²) in [4.78, 5) is 12.0. The Labute approximate surface area is 141 Å². The summed E-state index contributed by atoms with van der Waals surface area (Å²) in [5.41, 5.74) is 6.01. The summed E-state index contributed by atoms with van der Waals surface area (Å²) in [6, 6.07) is 3.10. The number of benzene rings is 1. The van der Waals surface area contributed by atoms with Crippen molar-refractivity contribution in [1.82, 2.24) is 0 Å². The summed E-state index contributed by atoms with van der Waals surface area (Å²) >= 11 is 17.9. The van der Waals surface area contributed by atoms with Crippen LogP contribution in [0.5, 0.6) is 0 Å². The van der Waals surface area contributed by atoms with Crippen molar-refractivity contribution in [3.05, 3.63) is 27.2 Å². The van der Waals surface area contributed by atoms with E-state index in [1.807, 2.05) is 0 Å². The van der Waals surface area contributed by atoms with E-state index in [1.165, 1.54) is 0 Å². The lowest BCUT2D eigenvalue weighted by Crippen LogP contribution is -2.18. The van der Waals surface area contributed by atoms with Crippen LogP contribution in [-0.2, 0) is 4.79 Å². The average Bonchev–Trinajstić information content (AvgIpc) is 2.38. The van der Waals surface area contributed by atoms with Crippen LogP contribution in [0.15, 0.2) is 12.1 Å². The second kappa shape index (κ2) is 8.84. The minimum absolute atomic E-state index is 0.108. The second-order valence-corrected chi connectivity index (χ2v) is 6.66. The molecule has 3 nitrogen and oxygen atoms in total. The largest absolute Gasteiger partial charge is 0.330 e. The quantitative estimate of drug-likeness (QED) is 0.727. The standard InChI is InChI=1S/C15H21Cl3N2O/c1-9(2)10(5-6-19)3-4-14(21)20-15-12(17)7-11(16)8-13(15)18/h7-10H,3-6,19H2,1-2H3,(H,20,21). The van der Waals surface area contributed by atoms with E-state index in [4.69, 9.17) is 40.5 Å². The van der Waals surface area contributed by atoms with Crippen molar-refractivity contribution in [3.8, 4) is 0 Å². The molecular weight excluding hydrogens is 331 g/mol. The monoisotopic (exact) mass is 350 g/mol. The molecule has 0 aliphatic rings. The number of hydrogen-bond donors (Lipinski definition) is 2. The van der Waals surface area contributed by atoms with Gasteiger partial charge in [0, 0.05) is 11.4 Å². The van der Waals surface area contributed by atoms with E-state index in [0.717, 1.165) is 12.8 Å². The van der Waals surface area contributed by atoms with Crippen LogP contribution >= 0.6 is 34.8 Å². The molecule has 0 radical (unpaired) electrons. The van der Waals surface area contributed by atoms with Crippen molar-refractivity contribution < 1.29 is 4.79 Å². The maximum atomic E-state index is 12.0. The van der Waals surface area contributed by atoms with Gasteiger partial charge in [-0.2, -0.15) is 0 Å². The zero-order chi connectivity index (χ0) is 16.0. The Bertz CT molecular complexity index is 469. The molecule has 0 saturated carbocycles. The van der Waals surface area contributed by atoms with Crippen LogP contribution in [0, 0.1) is 11.8 Å². The molecule has 0 heterocycles. The summed E-state index contributed by atoms with van der Waals surface area (Å²) in [5, 5.41) is 3.86. The molecule has 3 N–H and O–H groups in total. The number of halogens is 3. The van der Waals surface area contributed by atoms with Gasteiger partial charge in [0.1, 0.15) is 0 Å². The Hall–Kier alpha value is -0.480. The number of amides is 1. The molecule has 1 atom stereocenters. The molecule has 1 amide bonds. The van der Waals surface area contributed by atoms with Gasteiger partial charge in [-0.3, -0.25) is 4.79 Å². The fourth-order valence-electron chi connectivity index (χ4n) is 2.21. The summed E-state index contributed by atoms with van der Waals surface area (Å²) in [6.07, 6.45) is 2.13. The maximum absolute atomic E-state index is 12.0. The number of carbonyl (C=O) groups excluding carboxylic acids is 1. The zero-order valence-corrected chi connectivity index (χ0v) is 14.5. The van der Waals surface area contributed by atoms with Gasteiger partial charge in [0.05, 0.1) is 15.7 Å². The zero-order valence-electron chi connectivity index (χ0n) is 12.3. The van der Waals surface area contributed by atoms with Gasteiger partial charge < -0.3 is 11.1 Å². The minimum atomic E-state index is -0.108. The topological polar surface area (TPSA) is 55.1 Å². The van der Waals surface area contributed by atoms with Crippen molar-refractivity contribution in [2.24, 2.45) is 17.6 Å². The van der Waals surface area contributed by atoms with Gasteiger partial charge in [-0.1, -0.05) is 48.7 Å². The molecular formula is C15H21Cl3N2O. The molecule has 0 fully saturated rings. The third-order valence-corrected chi connectivity index (χ3v) is 4.31. The van der Waals surface area contributed by atoms with Gasteiger partial charge in [0.2, 0.25) is 5.91 Å². The molecule has 0 bridgehead atoms. The Morgan fingerprint density at radius 3 is 2.24 bits per heavy atom. The Balaban J connectivity index is 2.62. The first kappa shape index (κ1) is 18.6. The highest BCUT2D eigenvalue weighted by Gasteiger charge is 2.16. The number of nitrogens with one attached hydrogen (secondary N) is 1. The summed E-state index contributed by atoms with van der Waals surface area (Å²) in [6.45, 7) is 4.93. The van der Waals surface area contributed by atoms with Crippen molar-refractivity contribution in [1.29, 1.82) is 0 Å². The van der Waals surface area contributed by atoms with Gasteiger partial charge >= 0.3 is 0 Å². The van der Waals surface area contributed by atoms with E-state index in [-0.39, 0.29) is 5.91 Å². The highest BCUT2D eigenvalue weighted by molar-refractivity contribution is 6.42. The van der Waals surface area contributed by atoms with E-state index < -0.39 is 0 Å². The third-order valence-electron chi connectivity index (χ3n) is 3.49. The molecule has 0 spiro atoms. The van der Waals surface area contributed by atoms with Gasteiger partial charge in [0.25, 0.3) is 0 Å². The van der Waals surface area contributed by atoms with Gasteiger partial charge in [-0.15, -0.1) is 0 Å². The first-order valence-electron chi connectivity index (χ1n) is 6.99. The summed E-state index contributed by atoms with van der Waals surface area (Å²) < 4.78 is 0. The van der Waals surface area contributed by atoms with Gasteiger partial charge in [-0.05, 0) is 43.4 Å². The fourth-order valence-corrected chi connectivity index (χ4v) is 3.12. The molecule has 0 aromatic heterocycles. The predicted octanol–water partition coefficient (Wildman–Crippen LogP) is 4.99. The SMILES string of the molecule is CC(C)C(CCN)CCC(=O)Nc1c(Cl)cc(Cl)cc1Cl. The van der Waals surface area contributed by atoms with E-state index in [0.29, 0.717) is 45.6 Å². The van der Waals surface area contributed by atoms with Crippen molar-refractivity contribution >= 4 is 46.4 Å². The fraction of sp³-hybridized carbons (Fsp3) is 0.533. The van der Waals surface area contributed by atoms with Crippen LogP contribution in [0.1, 0.15) is 33.1 Å². The number of hydrogen-bond acceptors (Lipinski definition) is 2. The number of rotatable bonds is 7. The maximum Gasteiger partial charge on any atom is 0.224 e. The molecule has 1 aromatic rings. The Morgan fingerprint density at radius 1 is 1.19 bits per heavy atom. The van der Waals surface area contributed by atoms with E-state index in [1.54, 1.807) is 12.1 Å². The van der Waals surface area contributed by atoms with Crippen molar-refractivity contribution in [2.75, 3.05) is 11.9 Å². The lowest BCUT2D eigenvalue weighted by Gasteiger charge is -2.19. The molecule has 118 valence electrons. The highest BCUT2D eigenvalue weighted by Crippen LogP contribution is 2.34. The van der Waals surface area contributed by atoms with Gasteiger partial charge in [0.15, 0.2) is 0 Å². The van der Waals surface area contributed by atoms with Gasteiger partial charge in [-0.25, -0.2) is 0 Å². The van der Waals surface area contributed by atoms with Crippen LogP contribution in [0.4, 0.5) is 5.69 Å². The first-order chi connectivity index (χ1) is 9.85. The van der Waals surface area contributed by atoms with Crippen molar-refractivity contribution in [2.45, 2.75) is 33.1 Å². The molecule has 1 aromatic carbocycles. The van der Waals surface area contributed by atoms with Crippen LogP contribution in [0.25, 0.3) is 0 Å². The second-order valence-electron chi connectivity index (χ2n) is 5.41.